The maximum absolute atomic E-state index is 12.1. The summed E-state index contributed by atoms with van der Waals surface area (Å²) in [6, 6.07) is 23.3. The van der Waals surface area contributed by atoms with Crippen LogP contribution in [-0.2, 0) is 17.8 Å². The molecule has 0 atom stereocenters. The number of carbonyl (C=O) groups excluding carboxylic acids is 1. The van der Waals surface area contributed by atoms with Gasteiger partial charge in [-0.1, -0.05) is 54.1 Å². The highest BCUT2D eigenvalue weighted by atomic mass is 16.5. The molecule has 0 aliphatic heterocycles. The lowest BCUT2D eigenvalue weighted by Crippen LogP contribution is -2.19. The molecule has 1 amide bonds. The molecule has 0 aliphatic rings. The Morgan fingerprint density at radius 3 is 2.40 bits per heavy atom. The topological polar surface area (TPSA) is 59.9 Å². The van der Waals surface area contributed by atoms with E-state index in [1.165, 1.54) is 5.56 Å². The van der Waals surface area contributed by atoms with Gasteiger partial charge >= 0.3 is 0 Å². The van der Waals surface area contributed by atoms with Gasteiger partial charge < -0.3 is 9.47 Å². The number of nitrogens with zero attached hydrogens (tertiary/aromatic N) is 1. The zero-order valence-electron chi connectivity index (χ0n) is 17.3. The third-order valence-corrected chi connectivity index (χ3v) is 4.39. The van der Waals surface area contributed by atoms with Gasteiger partial charge in [0.05, 0.1) is 19.2 Å². The lowest BCUT2D eigenvalue weighted by Gasteiger charge is -2.07. The average Bonchev–Trinajstić information content (AvgIpc) is 2.75. The monoisotopic (exact) mass is 402 g/mol. The Hall–Kier alpha value is -3.60. The molecule has 0 fully saturated rings. The van der Waals surface area contributed by atoms with E-state index in [2.05, 4.69) is 41.7 Å². The number of hydrazone groups is 1. The van der Waals surface area contributed by atoms with Crippen LogP contribution in [0.4, 0.5) is 0 Å². The lowest BCUT2D eigenvalue weighted by atomic mass is 10.1. The van der Waals surface area contributed by atoms with Crippen molar-refractivity contribution in [3.63, 3.8) is 0 Å². The summed E-state index contributed by atoms with van der Waals surface area (Å²) in [5.74, 6) is 1.37. The third-order valence-electron chi connectivity index (χ3n) is 4.39. The lowest BCUT2D eigenvalue weighted by molar-refractivity contribution is -0.120. The fourth-order valence-corrected chi connectivity index (χ4v) is 2.81. The number of ether oxygens (including phenoxy) is 2. The molecule has 0 saturated heterocycles. The number of amides is 1. The zero-order valence-corrected chi connectivity index (χ0v) is 17.3. The van der Waals surface area contributed by atoms with Crippen molar-refractivity contribution in [2.24, 2.45) is 5.10 Å². The smallest absolute Gasteiger partial charge is 0.244 e. The van der Waals surface area contributed by atoms with Crippen molar-refractivity contribution in [1.29, 1.82) is 0 Å². The molecule has 3 aromatic carbocycles. The van der Waals surface area contributed by atoms with Gasteiger partial charge in [0, 0.05) is 0 Å². The van der Waals surface area contributed by atoms with Gasteiger partial charge in [0.25, 0.3) is 0 Å². The number of rotatable bonds is 9. The molecule has 3 aromatic rings. The van der Waals surface area contributed by atoms with Crippen molar-refractivity contribution in [1.82, 2.24) is 5.43 Å². The zero-order chi connectivity index (χ0) is 21.2. The first-order chi connectivity index (χ1) is 14.6. The van der Waals surface area contributed by atoms with Gasteiger partial charge in [-0.3, -0.25) is 4.79 Å². The molecule has 0 heterocycles. The van der Waals surface area contributed by atoms with E-state index in [0.717, 1.165) is 28.2 Å². The van der Waals surface area contributed by atoms with E-state index in [4.69, 9.17) is 9.47 Å². The summed E-state index contributed by atoms with van der Waals surface area (Å²) < 4.78 is 11.2. The Morgan fingerprint density at radius 1 is 0.933 bits per heavy atom. The van der Waals surface area contributed by atoms with Crippen molar-refractivity contribution in [3.8, 4) is 11.5 Å². The molecule has 0 unspecified atom stereocenters. The molecular formula is C25H26N2O3. The molecule has 0 radical (unpaired) electrons. The highest BCUT2D eigenvalue weighted by Crippen LogP contribution is 2.15. The van der Waals surface area contributed by atoms with E-state index < -0.39 is 0 Å². The Labute approximate surface area is 177 Å². The molecule has 0 aromatic heterocycles. The maximum atomic E-state index is 12.1. The molecule has 3 rings (SSSR count). The second-order valence-electron chi connectivity index (χ2n) is 6.89. The van der Waals surface area contributed by atoms with E-state index in [1.54, 1.807) is 6.21 Å². The van der Waals surface area contributed by atoms with Gasteiger partial charge in [0.1, 0.15) is 18.1 Å². The van der Waals surface area contributed by atoms with Crippen molar-refractivity contribution in [2.75, 3.05) is 6.61 Å². The van der Waals surface area contributed by atoms with Crippen LogP contribution in [0.5, 0.6) is 11.5 Å². The van der Waals surface area contributed by atoms with E-state index >= 15 is 0 Å². The van der Waals surface area contributed by atoms with Crippen molar-refractivity contribution >= 4 is 12.1 Å². The van der Waals surface area contributed by atoms with Crippen LogP contribution in [0.2, 0.25) is 0 Å². The number of hydrogen-bond donors (Lipinski definition) is 1. The molecule has 30 heavy (non-hydrogen) atoms. The fourth-order valence-electron chi connectivity index (χ4n) is 2.81. The van der Waals surface area contributed by atoms with Crippen LogP contribution in [0, 0.1) is 6.92 Å². The first kappa shape index (κ1) is 21.1. The molecule has 154 valence electrons. The maximum Gasteiger partial charge on any atom is 0.244 e. The summed E-state index contributed by atoms with van der Waals surface area (Å²) in [5.41, 5.74) is 6.64. The Balaban J connectivity index is 1.48. The van der Waals surface area contributed by atoms with Gasteiger partial charge in [-0.15, -0.1) is 0 Å². The van der Waals surface area contributed by atoms with Gasteiger partial charge in [0.2, 0.25) is 5.91 Å². The second-order valence-corrected chi connectivity index (χ2v) is 6.89. The van der Waals surface area contributed by atoms with Crippen molar-refractivity contribution in [3.05, 3.63) is 95.1 Å². The van der Waals surface area contributed by atoms with Crippen LogP contribution < -0.4 is 14.9 Å². The number of aryl methyl sites for hydroxylation is 1. The van der Waals surface area contributed by atoms with E-state index in [1.807, 2.05) is 55.5 Å². The third kappa shape index (κ3) is 6.78. The van der Waals surface area contributed by atoms with Crippen molar-refractivity contribution < 1.29 is 14.3 Å². The van der Waals surface area contributed by atoms with E-state index in [-0.39, 0.29) is 12.3 Å². The summed E-state index contributed by atoms with van der Waals surface area (Å²) in [7, 11) is 0. The summed E-state index contributed by atoms with van der Waals surface area (Å²) in [4.78, 5) is 12.1. The normalized spacial score (nSPS) is 10.7. The van der Waals surface area contributed by atoms with Gasteiger partial charge in [-0.2, -0.15) is 5.10 Å². The average molecular weight is 402 g/mol. The molecule has 0 saturated carbocycles. The predicted molar refractivity (Wildman–Crippen MR) is 119 cm³/mol. The van der Waals surface area contributed by atoms with Gasteiger partial charge in [-0.05, 0) is 54.8 Å². The molecule has 5 nitrogen and oxygen atoms in total. The van der Waals surface area contributed by atoms with E-state index in [9.17, 15) is 4.79 Å². The molecule has 0 aliphatic carbocycles. The summed E-state index contributed by atoms with van der Waals surface area (Å²) >= 11 is 0. The minimum atomic E-state index is -0.179. The predicted octanol–water partition coefficient (Wildman–Crippen LogP) is 4.67. The summed E-state index contributed by atoms with van der Waals surface area (Å²) in [6.45, 7) is 5.11. The standard InChI is InChI=1S/C25H26N2O3/c1-3-29-23-13-11-20(12-14-23)16-25(28)27-26-17-22-5-4-6-24(15-22)30-18-21-9-7-19(2)8-10-21/h4-15,17H,3,16,18H2,1-2H3,(H,27,28)/b26-17+. The van der Waals surface area contributed by atoms with Crippen molar-refractivity contribution in [2.45, 2.75) is 26.9 Å². The molecular weight excluding hydrogens is 376 g/mol. The Bertz CT molecular complexity index is 980. The Kier molecular flexibility index (Phi) is 7.61. The highest BCUT2D eigenvalue weighted by molar-refractivity contribution is 5.83. The van der Waals surface area contributed by atoms with Crippen LogP contribution in [0.25, 0.3) is 0 Å². The number of nitrogens with one attached hydrogen (secondary N) is 1. The van der Waals surface area contributed by atoms with Gasteiger partial charge in [0.15, 0.2) is 0 Å². The number of hydrogen-bond acceptors (Lipinski definition) is 4. The first-order valence-corrected chi connectivity index (χ1v) is 9.94. The molecule has 1 N–H and O–H groups in total. The SMILES string of the molecule is CCOc1ccc(CC(=O)N/N=C/c2cccc(OCc3ccc(C)cc3)c2)cc1. The minimum Gasteiger partial charge on any atom is -0.494 e. The van der Waals surface area contributed by atoms with Crippen LogP contribution in [-0.4, -0.2) is 18.7 Å². The summed E-state index contributed by atoms with van der Waals surface area (Å²) in [5, 5.41) is 4.05. The largest absolute Gasteiger partial charge is 0.494 e. The fraction of sp³-hybridized carbons (Fsp3) is 0.200. The molecule has 0 bridgehead atoms. The number of carbonyl (C=O) groups is 1. The van der Waals surface area contributed by atoms with E-state index in [0.29, 0.717) is 13.2 Å². The second kappa shape index (κ2) is 10.8. The van der Waals surface area contributed by atoms with Crippen LogP contribution >= 0.6 is 0 Å². The molecule has 5 heteroatoms. The quantitative estimate of drug-likeness (QED) is 0.418. The first-order valence-electron chi connectivity index (χ1n) is 9.94. The van der Waals surface area contributed by atoms with Crippen LogP contribution in [0.3, 0.4) is 0 Å². The molecule has 0 spiro atoms. The van der Waals surface area contributed by atoms with Gasteiger partial charge in [-0.25, -0.2) is 5.43 Å². The van der Waals surface area contributed by atoms with Crippen LogP contribution in [0.1, 0.15) is 29.2 Å². The number of benzene rings is 3. The highest BCUT2D eigenvalue weighted by Gasteiger charge is 2.03. The summed E-state index contributed by atoms with van der Waals surface area (Å²) in [6.07, 6.45) is 1.86. The Morgan fingerprint density at radius 2 is 1.67 bits per heavy atom. The van der Waals surface area contributed by atoms with Crippen LogP contribution in [0.15, 0.2) is 77.9 Å². The minimum absolute atomic E-state index is 0.179.